The second kappa shape index (κ2) is 20.0. The molecular weight excluding hydrogens is 987 g/mol. The molecule has 0 spiro atoms. The van der Waals surface area contributed by atoms with Crippen molar-refractivity contribution in [1.29, 1.82) is 0 Å². The number of aryl methyl sites for hydroxylation is 2. The molecule has 370 valence electrons. The lowest BCUT2D eigenvalue weighted by Gasteiger charge is -2.44. The van der Waals surface area contributed by atoms with Crippen molar-refractivity contribution in [2.24, 2.45) is 13.0 Å². The number of halogens is 3. The maximum Gasteiger partial charge on any atom is 0.261 e. The molecule has 4 fully saturated rings. The van der Waals surface area contributed by atoms with Crippen LogP contribution in [0.4, 0.5) is 43.3 Å². The maximum atomic E-state index is 15.3. The van der Waals surface area contributed by atoms with E-state index in [1.165, 1.54) is 23.0 Å². The number of hydrogen-bond acceptors (Lipinski definition) is 14. The number of nitrogens with one attached hydrogen (secondary N) is 3. The van der Waals surface area contributed by atoms with Gasteiger partial charge < -0.3 is 39.2 Å². The van der Waals surface area contributed by atoms with E-state index in [2.05, 4.69) is 70.7 Å². The number of benzene rings is 3. The van der Waals surface area contributed by atoms with Crippen molar-refractivity contribution in [1.82, 2.24) is 34.6 Å². The first-order valence-electron chi connectivity index (χ1n) is 23.7. The fourth-order valence-corrected chi connectivity index (χ4v) is 12.2. The zero-order valence-corrected chi connectivity index (χ0v) is 42.3. The quantitative estimate of drug-likeness (QED) is 0.0943. The maximum absolute atomic E-state index is 15.3. The average Bonchev–Trinajstić information content (AvgIpc) is 3.84. The van der Waals surface area contributed by atoms with E-state index in [4.69, 9.17) is 9.72 Å². The number of nitrogens with zero attached hydrogens (tertiary/aromatic N) is 8. The van der Waals surface area contributed by atoms with Crippen molar-refractivity contribution in [3.63, 3.8) is 0 Å². The molecule has 17 nitrogen and oxygen atoms in total. The van der Waals surface area contributed by atoms with Gasteiger partial charge in [0.15, 0.2) is 0 Å². The molecule has 2 aromatic heterocycles. The first-order chi connectivity index (χ1) is 33.5. The molecule has 2 atom stereocenters. The van der Waals surface area contributed by atoms with Gasteiger partial charge in [-0.1, -0.05) is 6.92 Å². The third kappa shape index (κ3) is 9.86. The standard InChI is InChI=1S/C49H57BrF2N11O6P/c1-6-28-21-38(56-49-53-25-33(50)45(58-49)55-37-9-8-36-43(44(37)70(4,5)68)48(67)59(2)27-54-36)40(69-3)24-39(28)61-15-12-30(13-16-61)60-17-19-62(20-18-60)47(66)29-11-14-63(26-29)31-22-34(51)42(35(52)23-31)32-7-10-41(64)57-46(32)65/h8-9,21-25,27,29-30,32H,6-7,10-20,26H2,1-5H3,(H,57,64,65)(H2,53,55,56,58). The molecule has 21 heteroatoms. The van der Waals surface area contributed by atoms with Crippen LogP contribution in [0.2, 0.25) is 0 Å². The van der Waals surface area contributed by atoms with Crippen molar-refractivity contribution in [3.05, 3.63) is 86.5 Å². The summed E-state index contributed by atoms with van der Waals surface area (Å²) in [7, 11) is 0.250. The summed E-state index contributed by atoms with van der Waals surface area (Å²) in [4.78, 5) is 73.3. The molecule has 4 aliphatic rings. The number of methoxy groups -OCH3 is 1. The summed E-state index contributed by atoms with van der Waals surface area (Å²) in [5, 5.41) is 9.52. The summed E-state index contributed by atoms with van der Waals surface area (Å²) in [5.74, 6) is -2.76. The largest absolute Gasteiger partial charge is 0.494 e. The lowest BCUT2D eigenvalue weighted by molar-refractivity contribution is -0.137. The Labute approximate surface area is 412 Å². The van der Waals surface area contributed by atoms with Crippen LogP contribution in [0, 0.1) is 17.6 Å². The van der Waals surface area contributed by atoms with Gasteiger partial charge in [0, 0.05) is 106 Å². The SMILES string of the molecule is CCc1cc(Nc2ncc(Br)c(Nc3ccc4ncn(C)c(=O)c4c3P(C)(C)=O)n2)c(OC)cc1N1CCC(N2CCN(C(=O)C3CCN(c4cc(F)c(C5CCC(=O)NC5=O)c(F)c4)C3)CC2)CC1. The average molecular weight is 1040 g/mol. The van der Waals surface area contributed by atoms with Gasteiger partial charge in [0.2, 0.25) is 23.7 Å². The minimum absolute atomic E-state index is 0.0211. The minimum atomic E-state index is -2.99. The van der Waals surface area contributed by atoms with E-state index in [0.29, 0.717) is 93.9 Å². The number of amides is 3. The Balaban J connectivity index is 0.802. The predicted octanol–water partition coefficient (Wildman–Crippen LogP) is 6.23. The van der Waals surface area contributed by atoms with Gasteiger partial charge in [-0.15, -0.1) is 0 Å². The number of piperidine rings is 2. The molecule has 5 aromatic rings. The van der Waals surface area contributed by atoms with Gasteiger partial charge in [-0.3, -0.25) is 29.4 Å². The Bertz CT molecular complexity index is 2970. The molecule has 0 aliphatic carbocycles. The summed E-state index contributed by atoms with van der Waals surface area (Å²) in [6.07, 6.45) is 6.42. The molecule has 3 N–H and O–H groups in total. The summed E-state index contributed by atoms with van der Waals surface area (Å²) in [6.45, 7) is 10.7. The third-order valence-electron chi connectivity index (χ3n) is 14.1. The fraction of sp³-hybridized carbons (Fsp3) is 0.449. The molecule has 0 bridgehead atoms. The number of imide groups is 1. The first kappa shape index (κ1) is 49.0. The number of carbonyl (C=O) groups excluding carboxylic acids is 3. The molecule has 70 heavy (non-hydrogen) atoms. The Morgan fingerprint density at radius 2 is 1.63 bits per heavy atom. The lowest BCUT2D eigenvalue weighted by Crippen LogP contribution is -2.55. The van der Waals surface area contributed by atoms with E-state index in [0.717, 1.165) is 56.7 Å². The van der Waals surface area contributed by atoms with E-state index >= 15 is 8.78 Å². The highest BCUT2D eigenvalue weighted by Gasteiger charge is 2.37. The number of rotatable bonds is 12. The predicted molar refractivity (Wildman–Crippen MR) is 270 cm³/mol. The van der Waals surface area contributed by atoms with Crippen LogP contribution >= 0.6 is 23.1 Å². The van der Waals surface area contributed by atoms with Crippen LogP contribution in [0.5, 0.6) is 5.75 Å². The van der Waals surface area contributed by atoms with Gasteiger partial charge in [0.1, 0.15) is 30.3 Å². The normalized spacial score (nSPS) is 19.5. The molecule has 3 amide bonds. The Morgan fingerprint density at radius 1 is 0.914 bits per heavy atom. The van der Waals surface area contributed by atoms with Crippen LogP contribution in [0.15, 0.2) is 58.2 Å². The first-order valence-corrected chi connectivity index (χ1v) is 27.1. The number of aromatic nitrogens is 4. The summed E-state index contributed by atoms with van der Waals surface area (Å²) >= 11 is 3.56. The summed E-state index contributed by atoms with van der Waals surface area (Å²) < 4.78 is 52.2. The highest BCUT2D eigenvalue weighted by molar-refractivity contribution is 9.10. The van der Waals surface area contributed by atoms with Crippen LogP contribution in [0.3, 0.4) is 0 Å². The van der Waals surface area contributed by atoms with Crippen molar-refractivity contribution >= 4 is 91.5 Å². The summed E-state index contributed by atoms with van der Waals surface area (Å²) in [6, 6.07) is 10.5. The smallest absolute Gasteiger partial charge is 0.261 e. The lowest BCUT2D eigenvalue weighted by atomic mass is 9.89. The molecule has 0 radical (unpaired) electrons. The highest BCUT2D eigenvalue weighted by Crippen LogP contribution is 2.42. The number of carbonyl (C=O) groups is 3. The van der Waals surface area contributed by atoms with Gasteiger partial charge in [-0.25, -0.2) is 18.7 Å². The van der Waals surface area contributed by atoms with Crippen LogP contribution in [-0.4, -0.2) is 126 Å². The monoisotopic (exact) mass is 1040 g/mol. The number of fused-ring (bicyclic) bond motifs is 1. The molecule has 4 saturated heterocycles. The van der Waals surface area contributed by atoms with Gasteiger partial charge >= 0.3 is 0 Å². The van der Waals surface area contributed by atoms with Crippen LogP contribution in [-0.2, 0) is 32.4 Å². The molecule has 2 unspecified atom stereocenters. The van der Waals surface area contributed by atoms with Gasteiger partial charge in [-0.2, -0.15) is 4.98 Å². The number of piperazine rings is 1. The van der Waals surface area contributed by atoms with Gasteiger partial charge in [0.25, 0.3) is 5.56 Å². The molecule has 4 aliphatic heterocycles. The Hall–Kier alpha value is -5.98. The van der Waals surface area contributed by atoms with E-state index < -0.39 is 36.5 Å². The van der Waals surface area contributed by atoms with Crippen molar-refractivity contribution in [2.45, 2.75) is 57.4 Å². The molecule has 9 rings (SSSR count). The number of anilines is 6. The summed E-state index contributed by atoms with van der Waals surface area (Å²) in [5.41, 5.74) is 3.59. The number of ether oxygens (including phenoxy) is 1. The van der Waals surface area contributed by atoms with Gasteiger partial charge in [0.05, 0.1) is 52.0 Å². The van der Waals surface area contributed by atoms with E-state index in [9.17, 15) is 23.7 Å². The van der Waals surface area contributed by atoms with Crippen LogP contribution in [0.25, 0.3) is 10.9 Å². The van der Waals surface area contributed by atoms with E-state index in [1.54, 1.807) is 45.8 Å². The molecule has 6 heterocycles. The van der Waals surface area contributed by atoms with Crippen molar-refractivity contribution in [2.75, 3.05) is 93.2 Å². The van der Waals surface area contributed by atoms with Crippen molar-refractivity contribution in [3.8, 4) is 5.75 Å². The fourth-order valence-electron chi connectivity index (χ4n) is 10.4. The Morgan fingerprint density at radius 3 is 2.30 bits per heavy atom. The third-order valence-corrected chi connectivity index (χ3v) is 16.2. The molecule has 0 saturated carbocycles. The zero-order valence-electron chi connectivity index (χ0n) is 39.9. The Kier molecular flexibility index (Phi) is 14.0. The van der Waals surface area contributed by atoms with Crippen LogP contribution < -0.4 is 41.4 Å². The highest BCUT2D eigenvalue weighted by atomic mass is 79.9. The molecular formula is C49H57BrF2N11O6P. The molecule has 3 aromatic carbocycles. The van der Waals surface area contributed by atoms with Crippen LogP contribution in [0.1, 0.15) is 56.1 Å². The topological polar surface area (TPSA) is 187 Å². The zero-order chi connectivity index (χ0) is 49.6. The van der Waals surface area contributed by atoms with Crippen molar-refractivity contribution < 1.29 is 32.5 Å². The second-order valence-electron chi connectivity index (χ2n) is 18.9. The number of hydrogen-bond donors (Lipinski definition) is 3. The minimum Gasteiger partial charge on any atom is -0.494 e. The van der Waals surface area contributed by atoms with Gasteiger partial charge in [-0.05, 0) is 97.3 Å². The second-order valence-corrected chi connectivity index (χ2v) is 22.9. The van der Waals surface area contributed by atoms with E-state index in [-0.39, 0.29) is 35.8 Å². The van der Waals surface area contributed by atoms with E-state index in [1.807, 2.05) is 9.80 Å².